The molecule has 0 radical (unpaired) electrons. The Morgan fingerprint density at radius 2 is 1.80 bits per heavy atom. The van der Waals surface area contributed by atoms with Crippen molar-refractivity contribution in [3.63, 3.8) is 0 Å². The monoisotopic (exact) mass is 150 g/mol. The zero-order chi connectivity index (χ0) is 8.20. The van der Waals surface area contributed by atoms with Gasteiger partial charge < -0.3 is 20.4 Å². The van der Waals surface area contributed by atoms with Crippen LogP contribution in [0, 0.1) is 0 Å². The SMILES string of the molecule is CC(O)CCCC(O)(O)O. The molecule has 0 spiro atoms. The third-order valence-electron chi connectivity index (χ3n) is 1.13. The van der Waals surface area contributed by atoms with Crippen LogP contribution < -0.4 is 0 Å². The molecule has 10 heavy (non-hydrogen) atoms. The van der Waals surface area contributed by atoms with E-state index in [1.54, 1.807) is 6.92 Å². The van der Waals surface area contributed by atoms with Crippen molar-refractivity contribution in [2.24, 2.45) is 0 Å². The molecule has 0 rings (SSSR count). The van der Waals surface area contributed by atoms with Gasteiger partial charge in [-0.25, -0.2) is 0 Å². The fourth-order valence-corrected chi connectivity index (χ4v) is 0.635. The van der Waals surface area contributed by atoms with Gasteiger partial charge in [-0.05, 0) is 19.8 Å². The van der Waals surface area contributed by atoms with Crippen molar-refractivity contribution < 1.29 is 20.4 Å². The predicted molar refractivity (Wildman–Crippen MR) is 34.9 cm³/mol. The van der Waals surface area contributed by atoms with Crippen molar-refractivity contribution >= 4 is 0 Å². The van der Waals surface area contributed by atoms with Gasteiger partial charge in [0.05, 0.1) is 6.10 Å². The predicted octanol–water partition coefficient (Wildman–Crippen LogP) is -0.832. The molecular formula is C6H14O4. The Bertz CT molecular complexity index is 84.2. The highest BCUT2D eigenvalue weighted by Gasteiger charge is 2.16. The van der Waals surface area contributed by atoms with Crippen molar-refractivity contribution in [3.8, 4) is 0 Å². The van der Waals surface area contributed by atoms with E-state index < -0.39 is 12.1 Å². The van der Waals surface area contributed by atoms with Crippen LogP contribution in [0.4, 0.5) is 0 Å². The Kier molecular flexibility index (Phi) is 3.81. The fraction of sp³-hybridized carbons (Fsp3) is 1.00. The molecule has 0 amide bonds. The van der Waals surface area contributed by atoms with E-state index in [0.29, 0.717) is 12.8 Å². The molecule has 0 aromatic heterocycles. The van der Waals surface area contributed by atoms with Gasteiger partial charge in [0.25, 0.3) is 5.97 Å². The van der Waals surface area contributed by atoms with Gasteiger partial charge in [-0.15, -0.1) is 0 Å². The molecule has 62 valence electrons. The smallest absolute Gasteiger partial charge is 0.275 e. The van der Waals surface area contributed by atoms with Crippen LogP contribution in [0.5, 0.6) is 0 Å². The highest BCUT2D eigenvalue weighted by molar-refractivity contribution is 4.52. The van der Waals surface area contributed by atoms with Gasteiger partial charge in [0, 0.05) is 6.42 Å². The summed E-state index contributed by atoms with van der Waals surface area (Å²) >= 11 is 0. The van der Waals surface area contributed by atoms with Gasteiger partial charge in [0.15, 0.2) is 0 Å². The van der Waals surface area contributed by atoms with E-state index in [-0.39, 0.29) is 6.42 Å². The molecule has 1 atom stereocenters. The Morgan fingerprint density at radius 1 is 1.30 bits per heavy atom. The Morgan fingerprint density at radius 3 is 2.10 bits per heavy atom. The van der Waals surface area contributed by atoms with Crippen LogP contribution in [0.2, 0.25) is 0 Å². The lowest BCUT2D eigenvalue weighted by atomic mass is 10.1. The molecule has 0 aliphatic carbocycles. The maximum absolute atomic E-state index is 8.70. The first-order valence-corrected chi connectivity index (χ1v) is 3.27. The van der Waals surface area contributed by atoms with Gasteiger partial charge in [0.1, 0.15) is 0 Å². The molecule has 0 heterocycles. The second kappa shape index (κ2) is 3.88. The van der Waals surface area contributed by atoms with Crippen molar-refractivity contribution in [2.45, 2.75) is 38.3 Å². The third-order valence-corrected chi connectivity index (χ3v) is 1.13. The molecule has 0 aromatic carbocycles. The molecule has 0 aliphatic rings. The number of hydrogen-bond donors (Lipinski definition) is 4. The topological polar surface area (TPSA) is 80.9 Å². The second-order valence-corrected chi connectivity index (χ2v) is 2.52. The molecule has 0 saturated heterocycles. The molecule has 1 unspecified atom stereocenters. The van der Waals surface area contributed by atoms with E-state index in [9.17, 15) is 0 Å². The lowest BCUT2D eigenvalue weighted by Crippen LogP contribution is -2.26. The van der Waals surface area contributed by atoms with Crippen LogP contribution in [0.15, 0.2) is 0 Å². The zero-order valence-electron chi connectivity index (χ0n) is 5.99. The highest BCUT2D eigenvalue weighted by Crippen LogP contribution is 2.08. The zero-order valence-corrected chi connectivity index (χ0v) is 5.99. The lowest BCUT2D eigenvalue weighted by Gasteiger charge is -2.13. The van der Waals surface area contributed by atoms with E-state index in [1.807, 2.05) is 0 Å². The molecule has 4 N–H and O–H groups in total. The summed E-state index contributed by atoms with van der Waals surface area (Å²) in [6.07, 6.45) is 0.269. The fourth-order valence-electron chi connectivity index (χ4n) is 0.635. The maximum Gasteiger partial charge on any atom is 0.275 e. The average molecular weight is 150 g/mol. The summed E-state index contributed by atoms with van der Waals surface area (Å²) in [5.74, 6) is -2.57. The number of rotatable bonds is 4. The Hall–Kier alpha value is -0.160. The Labute approximate surface area is 59.7 Å². The van der Waals surface area contributed by atoms with Crippen molar-refractivity contribution in [2.75, 3.05) is 0 Å². The summed E-state index contributed by atoms with van der Waals surface area (Å²) in [4.78, 5) is 0. The first-order valence-electron chi connectivity index (χ1n) is 3.27. The summed E-state index contributed by atoms with van der Waals surface area (Å²) in [5, 5.41) is 33.8. The van der Waals surface area contributed by atoms with Gasteiger partial charge in [-0.3, -0.25) is 0 Å². The molecule has 0 fully saturated rings. The molecule has 0 aromatic rings. The average Bonchev–Trinajstić information content (AvgIpc) is 1.59. The lowest BCUT2D eigenvalue weighted by molar-refractivity contribution is -0.315. The summed E-state index contributed by atoms with van der Waals surface area (Å²) < 4.78 is 0. The van der Waals surface area contributed by atoms with E-state index in [1.165, 1.54) is 0 Å². The number of aliphatic hydroxyl groups is 4. The second-order valence-electron chi connectivity index (χ2n) is 2.52. The van der Waals surface area contributed by atoms with E-state index in [0.717, 1.165) is 0 Å². The highest BCUT2D eigenvalue weighted by atomic mass is 16.7. The molecule has 4 heteroatoms. The summed E-state index contributed by atoms with van der Waals surface area (Å²) in [5.41, 5.74) is 0. The van der Waals surface area contributed by atoms with Gasteiger partial charge >= 0.3 is 0 Å². The van der Waals surface area contributed by atoms with Crippen LogP contribution in [0.3, 0.4) is 0 Å². The minimum absolute atomic E-state index is 0.127. The van der Waals surface area contributed by atoms with Crippen LogP contribution in [-0.4, -0.2) is 32.5 Å². The summed E-state index contributed by atoms with van der Waals surface area (Å²) in [7, 11) is 0. The van der Waals surface area contributed by atoms with Crippen molar-refractivity contribution in [1.29, 1.82) is 0 Å². The van der Waals surface area contributed by atoms with Crippen LogP contribution in [0.1, 0.15) is 26.2 Å². The van der Waals surface area contributed by atoms with E-state index >= 15 is 0 Å². The van der Waals surface area contributed by atoms with Crippen LogP contribution in [-0.2, 0) is 0 Å². The van der Waals surface area contributed by atoms with E-state index in [2.05, 4.69) is 0 Å². The first kappa shape index (κ1) is 9.84. The summed E-state index contributed by atoms with van der Waals surface area (Å²) in [6.45, 7) is 1.60. The van der Waals surface area contributed by atoms with Gasteiger partial charge in [0.2, 0.25) is 0 Å². The third kappa shape index (κ3) is 7.84. The molecule has 0 saturated carbocycles. The van der Waals surface area contributed by atoms with E-state index in [4.69, 9.17) is 20.4 Å². The molecule has 0 bridgehead atoms. The maximum atomic E-state index is 8.70. The summed E-state index contributed by atoms with van der Waals surface area (Å²) in [6, 6.07) is 0. The van der Waals surface area contributed by atoms with Gasteiger partial charge in [-0.1, -0.05) is 0 Å². The first-order chi connectivity index (χ1) is 4.42. The quantitative estimate of drug-likeness (QED) is 0.394. The minimum atomic E-state index is -2.57. The number of aliphatic hydroxyl groups excluding tert-OH is 1. The largest absolute Gasteiger partial charge is 0.393 e. The minimum Gasteiger partial charge on any atom is -0.393 e. The van der Waals surface area contributed by atoms with Crippen molar-refractivity contribution in [1.82, 2.24) is 0 Å². The Balaban J connectivity index is 3.21. The standard InChI is InChI=1S/C6H14O4/c1-5(7)3-2-4-6(8,9)10/h5,7-10H,2-4H2,1H3. The van der Waals surface area contributed by atoms with Crippen LogP contribution >= 0.6 is 0 Å². The van der Waals surface area contributed by atoms with Crippen LogP contribution in [0.25, 0.3) is 0 Å². The number of hydrogen-bond acceptors (Lipinski definition) is 4. The van der Waals surface area contributed by atoms with Crippen molar-refractivity contribution in [3.05, 3.63) is 0 Å². The normalized spacial score (nSPS) is 15.3. The van der Waals surface area contributed by atoms with Gasteiger partial charge in [-0.2, -0.15) is 0 Å². The molecule has 0 aliphatic heterocycles. The molecular weight excluding hydrogens is 136 g/mol. The molecule has 4 nitrogen and oxygen atoms in total.